The van der Waals surface area contributed by atoms with Crippen molar-refractivity contribution < 1.29 is 0 Å². The molecule has 2 unspecified atom stereocenters. The summed E-state index contributed by atoms with van der Waals surface area (Å²) in [4.78, 5) is 9.16. The number of nitrogens with zero attached hydrogens (tertiary/aromatic N) is 3. The molecule has 0 aromatic carbocycles. The quantitative estimate of drug-likeness (QED) is 0.855. The van der Waals surface area contributed by atoms with Crippen LogP contribution in [0.15, 0.2) is 12.3 Å². The molecule has 2 heterocycles. The summed E-state index contributed by atoms with van der Waals surface area (Å²) in [5.74, 6) is 0.660. The Labute approximate surface area is 128 Å². The summed E-state index contributed by atoms with van der Waals surface area (Å²) in [6.07, 6.45) is 2.85. The van der Waals surface area contributed by atoms with E-state index in [0.29, 0.717) is 11.9 Å². The van der Waals surface area contributed by atoms with Crippen LogP contribution in [0.2, 0.25) is 0 Å². The molecule has 0 saturated carbocycles. The van der Waals surface area contributed by atoms with Gasteiger partial charge >= 0.3 is 0 Å². The number of hydrogen-bond acceptors (Lipinski definition) is 5. The van der Waals surface area contributed by atoms with E-state index in [1.807, 2.05) is 6.07 Å². The maximum atomic E-state index is 6.14. The van der Waals surface area contributed by atoms with Crippen LogP contribution in [0.25, 0.3) is 0 Å². The molecule has 1 aliphatic heterocycles. The zero-order chi connectivity index (χ0) is 15.4. The van der Waals surface area contributed by atoms with Gasteiger partial charge in [-0.1, -0.05) is 6.92 Å². The van der Waals surface area contributed by atoms with Gasteiger partial charge in [-0.25, -0.2) is 4.98 Å². The van der Waals surface area contributed by atoms with Crippen LogP contribution < -0.4 is 11.1 Å². The highest BCUT2D eigenvalue weighted by atomic mass is 15.3. The van der Waals surface area contributed by atoms with Gasteiger partial charge in [0.05, 0.1) is 0 Å². The molecular weight excluding hydrogens is 262 g/mol. The molecule has 2 atom stereocenters. The molecule has 1 saturated heterocycles. The van der Waals surface area contributed by atoms with Crippen LogP contribution in [0.3, 0.4) is 0 Å². The third kappa shape index (κ3) is 3.93. The van der Waals surface area contributed by atoms with Gasteiger partial charge in [-0.15, -0.1) is 0 Å². The smallest absolute Gasteiger partial charge is 0.128 e. The summed E-state index contributed by atoms with van der Waals surface area (Å²) < 4.78 is 0. The van der Waals surface area contributed by atoms with Crippen LogP contribution in [0.5, 0.6) is 0 Å². The lowest BCUT2D eigenvalue weighted by molar-refractivity contribution is 0.101. The lowest BCUT2D eigenvalue weighted by Gasteiger charge is -2.39. The van der Waals surface area contributed by atoms with Crippen LogP contribution in [-0.4, -0.2) is 61.1 Å². The molecule has 118 valence electrons. The second kappa shape index (κ2) is 7.20. The Bertz CT molecular complexity index is 442. The largest absolute Gasteiger partial charge is 0.383 e. The lowest BCUT2D eigenvalue weighted by atomic mass is 9.94. The third-order valence-electron chi connectivity index (χ3n) is 4.53. The van der Waals surface area contributed by atoms with E-state index in [-0.39, 0.29) is 6.04 Å². The van der Waals surface area contributed by atoms with E-state index in [2.05, 4.69) is 48.0 Å². The molecule has 0 amide bonds. The predicted molar refractivity (Wildman–Crippen MR) is 88.3 cm³/mol. The number of hydrogen-bond donors (Lipinski definition) is 2. The van der Waals surface area contributed by atoms with Crippen LogP contribution in [0.1, 0.15) is 30.5 Å². The number of piperazine rings is 1. The fourth-order valence-corrected chi connectivity index (χ4v) is 3.22. The monoisotopic (exact) mass is 291 g/mol. The van der Waals surface area contributed by atoms with Gasteiger partial charge in [0.25, 0.3) is 0 Å². The first-order valence-corrected chi connectivity index (χ1v) is 7.86. The van der Waals surface area contributed by atoms with E-state index in [9.17, 15) is 0 Å². The number of nitrogens with one attached hydrogen (secondary N) is 1. The number of likely N-dealkylation sites (N-methyl/N-ethyl adjacent to an activating group) is 2. The van der Waals surface area contributed by atoms with Crippen molar-refractivity contribution >= 4 is 5.82 Å². The highest BCUT2D eigenvalue weighted by Crippen LogP contribution is 2.28. The summed E-state index contributed by atoms with van der Waals surface area (Å²) in [6, 6.07) is 2.86. The minimum absolute atomic E-state index is 0.266. The van der Waals surface area contributed by atoms with Crippen molar-refractivity contribution in [2.24, 2.45) is 0 Å². The molecule has 0 spiro atoms. The highest BCUT2D eigenvalue weighted by Gasteiger charge is 2.27. The van der Waals surface area contributed by atoms with Crippen LogP contribution in [0.4, 0.5) is 5.82 Å². The van der Waals surface area contributed by atoms with E-state index in [0.717, 1.165) is 32.6 Å². The van der Waals surface area contributed by atoms with Gasteiger partial charge in [-0.3, -0.25) is 0 Å². The molecule has 5 nitrogen and oxygen atoms in total. The summed E-state index contributed by atoms with van der Waals surface area (Å²) >= 11 is 0. The molecule has 0 radical (unpaired) electrons. The van der Waals surface area contributed by atoms with Crippen molar-refractivity contribution in [3.8, 4) is 0 Å². The number of aryl methyl sites for hydroxylation is 1. The van der Waals surface area contributed by atoms with Gasteiger partial charge in [-0.2, -0.15) is 0 Å². The Hall–Kier alpha value is -1.17. The fraction of sp³-hybridized carbons (Fsp3) is 0.688. The Morgan fingerprint density at radius 1 is 1.43 bits per heavy atom. The van der Waals surface area contributed by atoms with Crippen molar-refractivity contribution in [2.45, 2.75) is 32.4 Å². The molecule has 1 aliphatic rings. The van der Waals surface area contributed by atoms with E-state index < -0.39 is 0 Å². The van der Waals surface area contributed by atoms with Gasteiger partial charge in [0.1, 0.15) is 5.82 Å². The maximum Gasteiger partial charge on any atom is 0.128 e. The van der Waals surface area contributed by atoms with Crippen molar-refractivity contribution in [2.75, 3.05) is 46.0 Å². The number of rotatable bonds is 5. The van der Waals surface area contributed by atoms with Gasteiger partial charge in [0.15, 0.2) is 0 Å². The zero-order valence-corrected chi connectivity index (χ0v) is 13.8. The second-order valence-electron chi connectivity index (χ2n) is 6.17. The molecule has 3 N–H and O–H groups in total. The Morgan fingerprint density at radius 3 is 2.86 bits per heavy atom. The minimum atomic E-state index is 0.266. The third-order valence-corrected chi connectivity index (χ3v) is 4.53. The second-order valence-corrected chi connectivity index (χ2v) is 6.17. The Balaban J connectivity index is 2.19. The molecule has 5 heteroatoms. The number of aromatic nitrogens is 1. The number of nitrogen functional groups attached to an aromatic ring is 1. The minimum Gasteiger partial charge on any atom is -0.383 e. The van der Waals surface area contributed by atoms with Crippen molar-refractivity contribution in [3.05, 3.63) is 23.4 Å². The van der Waals surface area contributed by atoms with Crippen LogP contribution in [0, 0.1) is 6.92 Å². The first-order valence-electron chi connectivity index (χ1n) is 7.86. The van der Waals surface area contributed by atoms with Crippen molar-refractivity contribution in [1.29, 1.82) is 0 Å². The van der Waals surface area contributed by atoms with E-state index in [4.69, 9.17) is 5.73 Å². The molecular formula is C16H29N5. The maximum absolute atomic E-state index is 6.14. The summed E-state index contributed by atoms with van der Waals surface area (Å²) in [5, 5.41) is 3.60. The van der Waals surface area contributed by atoms with Gasteiger partial charge in [-0.05, 0) is 45.6 Å². The molecule has 2 rings (SSSR count). The first kappa shape index (κ1) is 16.2. The lowest BCUT2D eigenvalue weighted by Crippen LogP contribution is -2.51. The SMILES string of the molecule is CCNC(CC1CN(C)CCN1C)c1c(C)ccnc1N. The Morgan fingerprint density at radius 2 is 2.19 bits per heavy atom. The normalized spacial score (nSPS) is 22.4. The zero-order valence-electron chi connectivity index (χ0n) is 13.8. The van der Waals surface area contributed by atoms with Crippen molar-refractivity contribution in [1.82, 2.24) is 20.1 Å². The standard InChI is InChI=1S/C16H29N5/c1-5-18-14(15-12(2)6-7-19-16(15)17)10-13-11-20(3)8-9-21(13)4/h6-7,13-14,18H,5,8-11H2,1-4H3,(H2,17,19). The topological polar surface area (TPSA) is 57.4 Å². The number of pyridine rings is 1. The Kier molecular flexibility index (Phi) is 5.56. The molecule has 0 bridgehead atoms. The molecule has 0 aliphatic carbocycles. The summed E-state index contributed by atoms with van der Waals surface area (Å²) in [5.41, 5.74) is 8.53. The molecule has 21 heavy (non-hydrogen) atoms. The van der Waals surface area contributed by atoms with Gasteiger partial charge in [0, 0.05) is 43.5 Å². The predicted octanol–water partition coefficient (Wildman–Crippen LogP) is 1.26. The van der Waals surface area contributed by atoms with Gasteiger partial charge in [0.2, 0.25) is 0 Å². The van der Waals surface area contributed by atoms with Crippen molar-refractivity contribution in [3.63, 3.8) is 0 Å². The van der Waals surface area contributed by atoms with E-state index in [1.54, 1.807) is 6.20 Å². The average molecular weight is 291 g/mol. The highest BCUT2D eigenvalue weighted by molar-refractivity contribution is 5.46. The molecule has 1 aromatic rings. The first-order chi connectivity index (χ1) is 10.0. The van der Waals surface area contributed by atoms with E-state index >= 15 is 0 Å². The van der Waals surface area contributed by atoms with Crippen LogP contribution >= 0.6 is 0 Å². The number of nitrogens with two attached hydrogens (primary N) is 1. The number of anilines is 1. The summed E-state index contributed by atoms with van der Waals surface area (Å²) in [6.45, 7) is 8.58. The van der Waals surface area contributed by atoms with Gasteiger partial charge < -0.3 is 20.9 Å². The van der Waals surface area contributed by atoms with Crippen LogP contribution in [-0.2, 0) is 0 Å². The average Bonchev–Trinajstić information content (AvgIpc) is 2.43. The molecule has 1 aromatic heterocycles. The van der Waals surface area contributed by atoms with E-state index in [1.165, 1.54) is 11.1 Å². The molecule has 1 fully saturated rings. The fourth-order valence-electron chi connectivity index (χ4n) is 3.22. The summed E-state index contributed by atoms with van der Waals surface area (Å²) in [7, 11) is 4.42.